The lowest BCUT2D eigenvalue weighted by molar-refractivity contribution is -0.124. The molecule has 38 heavy (non-hydrogen) atoms. The fourth-order valence-electron chi connectivity index (χ4n) is 5.31. The number of fused-ring (bicyclic) bond motifs is 1. The number of amides is 2. The SMILES string of the molecule is O=C(NCCc1ccccc1)[C@H]1c2ccccc2C(=O)N([C@H](CO)c2ccccc2)[C@@H]1c1ccc(Cl)cc1. The second-order valence-electron chi connectivity index (χ2n) is 9.41. The average molecular weight is 525 g/mol. The van der Waals surface area contributed by atoms with Crippen LogP contribution in [0.15, 0.2) is 109 Å². The Labute approximate surface area is 227 Å². The molecule has 5 nitrogen and oxygen atoms in total. The van der Waals surface area contributed by atoms with E-state index >= 15 is 0 Å². The maximum Gasteiger partial charge on any atom is 0.255 e. The molecule has 1 heterocycles. The molecule has 1 aliphatic rings. The van der Waals surface area contributed by atoms with Crippen molar-refractivity contribution in [2.75, 3.05) is 13.2 Å². The van der Waals surface area contributed by atoms with Crippen LogP contribution < -0.4 is 5.32 Å². The number of nitrogens with zero attached hydrogens (tertiary/aromatic N) is 1. The van der Waals surface area contributed by atoms with E-state index in [1.54, 1.807) is 29.2 Å². The topological polar surface area (TPSA) is 69.6 Å². The van der Waals surface area contributed by atoms with E-state index in [4.69, 9.17) is 11.6 Å². The maximum atomic E-state index is 14.1. The van der Waals surface area contributed by atoms with Gasteiger partial charge in [0.2, 0.25) is 5.91 Å². The first kappa shape index (κ1) is 25.7. The Balaban J connectivity index is 1.59. The van der Waals surface area contributed by atoms with Gasteiger partial charge in [0.15, 0.2) is 0 Å². The number of carbonyl (C=O) groups excluding carboxylic acids is 2. The zero-order valence-corrected chi connectivity index (χ0v) is 21.6. The molecule has 5 rings (SSSR count). The largest absolute Gasteiger partial charge is 0.394 e. The van der Waals surface area contributed by atoms with E-state index in [0.717, 1.165) is 16.7 Å². The number of benzene rings is 4. The van der Waals surface area contributed by atoms with E-state index in [-0.39, 0.29) is 18.4 Å². The molecule has 6 heteroatoms. The second kappa shape index (κ2) is 11.6. The molecule has 0 saturated carbocycles. The monoisotopic (exact) mass is 524 g/mol. The summed E-state index contributed by atoms with van der Waals surface area (Å²) >= 11 is 6.21. The first-order chi connectivity index (χ1) is 18.6. The molecule has 192 valence electrons. The molecule has 0 unspecified atom stereocenters. The van der Waals surface area contributed by atoms with Gasteiger partial charge in [0.1, 0.15) is 0 Å². The van der Waals surface area contributed by atoms with Gasteiger partial charge >= 0.3 is 0 Å². The van der Waals surface area contributed by atoms with Crippen molar-refractivity contribution in [3.8, 4) is 0 Å². The summed E-state index contributed by atoms with van der Waals surface area (Å²) in [6.07, 6.45) is 0.693. The predicted molar refractivity (Wildman–Crippen MR) is 149 cm³/mol. The van der Waals surface area contributed by atoms with Crippen LogP contribution in [-0.2, 0) is 11.2 Å². The summed E-state index contributed by atoms with van der Waals surface area (Å²) < 4.78 is 0. The summed E-state index contributed by atoms with van der Waals surface area (Å²) in [5.41, 5.74) is 3.85. The fourth-order valence-corrected chi connectivity index (χ4v) is 5.43. The third-order valence-electron chi connectivity index (χ3n) is 7.12. The number of nitrogens with one attached hydrogen (secondary N) is 1. The lowest BCUT2D eigenvalue weighted by Crippen LogP contribution is -2.49. The second-order valence-corrected chi connectivity index (χ2v) is 9.85. The van der Waals surface area contributed by atoms with Crippen LogP contribution in [-0.4, -0.2) is 35.0 Å². The van der Waals surface area contributed by atoms with Gasteiger partial charge in [0.25, 0.3) is 5.91 Å². The van der Waals surface area contributed by atoms with Gasteiger partial charge in [-0.3, -0.25) is 9.59 Å². The number of aliphatic hydroxyl groups excluding tert-OH is 1. The molecule has 0 aliphatic carbocycles. The van der Waals surface area contributed by atoms with E-state index in [0.29, 0.717) is 29.1 Å². The van der Waals surface area contributed by atoms with Crippen LogP contribution in [0.4, 0.5) is 0 Å². The highest BCUT2D eigenvalue weighted by Crippen LogP contribution is 2.46. The average Bonchev–Trinajstić information content (AvgIpc) is 2.96. The molecule has 0 bridgehead atoms. The van der Waals surface area contributed by atoms with Gasteiger partial charge in [-0.15, -0.1) is 0 Å². The van der Waals surface area contributed by atoms with Gasteiger partial charge in [-0.2, -0.15) is 0 Å². The predicted octanol–water partition coefficient (Wildman–Crippen LogP) is 5.71. The summed E-state index contributed by atoms with van der Waals surface area (Å²) in [5.74, 6) is -1.08. The molecule has 2 amide bonds. The number of hydrogen-bond acceptors (Lipinski definition) is 3. The summed E-state index contributed by atoms with van der Waals surface area (Å²) in [5, 5.41) is 14.3. The maximum absolute atomic E-state index is 14.1. The van der Waals surface area contributed by atoms with Crippen LogP contribution in [0.2, 0.25) is 5.02 Å². The lowest BCUT2D eigenvalue weighted by Gasteiger charge is -2.45. The third-order valence-corrected chi connectivity index (χ3v) is 7.37. The Morgan fingerprint density at radius 3 is 2.18 bits per heavy atom. The van der Waals surface area contributed by atoms with Gasteiger partial charge < -0.3 is 15.3 Å². The Morgan fingerprint density at radius 1 is 0.868 bits per heavy atom. The van der Waals surface area contributed by atoms with Crippen LogP contribution in [0, 0.1) is 0 Å². The van der Waals surface area contributed by atoms with Crippen molar-refractivity contribution in [3.05, 3.63) is 142 Å². The minimum absolute atomic E-state index is 0.171. The normalized spacial score (nSPS) is 17.5. The molecule has 0 saturated heterocycles. The van der Waals surface area contributed by atoms with Crippen LogP contribution in [0.5, 0.6) is 0 Å². The molecule has 3 atom stereocenters. The van der Waals surface area contributed by atoms with E-state index in [9.17, 15) is 14.7 Å². The van der Waals surface area contributed by atoms with Crippen LogP contribution in [0.25, 0.3) is 0 Å². The Morgan fingerprint density at radius 2 is 1.50 bits per heavy atom. The van der Waals surface area contributed by atoms with Crippen LogP contribution in [0.1, 0.15) is 50.6 Å². The molecule has 2 N–H and O–H groups in total. The standard InChI is InChI=1S/C32H29ClN2O3/c33-25-17-15-24(16-18-25)30-29(31(37)34-20-19-22-9-3-1-4-10-22)26-13-7-8-14-27(26)32(38)35(30)28(21-36)23-11-5-2-6-12-23/h1-18,28-30,36H,19-21H2,(H,34,37)/t28-,29+,30-/m1/s1. The third kappa shape index (κ3) is 5.21. The zero-order chi connectivity index (χ0) is 26.5. The number of rotatable bonds is 8. The molecule has 1 aliphatic heterocycles. The summed E-state index contributed by atoms with van der Waals surface area (Å²) in [7, 11) is 0. The fraction of sp³-hybridized carbons (Fsp3) is 0.188. The summed E-state index contributed by atoms with van der Waals surface area (Å²) in [6.45, 7) is 0.176. The van der Waals surface area contributed by atoms with Gasteiger partial charge in [0.05, 0.1) is 24.6 Å². The van der Waals surface area contributed by atoms with Crippen molar-refractivity contribution >= 4 is 23.4 Å². The minimum atomic E-state index is -0.682. The summed E-state index contributed by atoms with van der Waals surface area (Å²) in [4.78, 5) is 29.7. The number of carbonyl (C=O) groups is 2. The smallest absolute Gasteiger partial charge is 0.255 e. The van der Waals surface area contributed by atoms with Gasteiger partial charge in [0, 0.05) is 17.1 Å². The summed E-state index contributed by atoms with van der Waals surface area (Å²) in [6, 6.07) is 32.6. The highest BCUT2D eigenvalue weighted by atomic mass is 35.5. The van der Waals surface area contributed by atoms with Crippen molar-refractivity contribution in [2.24, 2.45) is 0 Å². The highest BCUT2D eigenvalue weighted by Gasteiger charge is 2.46. The van der Waals surface area contributed by atoms with Crippen LogP contribution in [0.3, 0.4) is 0 Å². The number of aliphatic hydroxyl groups is 1. The Kier molecular flexibility index (Phi) is 7.87. The first-order valence-corrected chi connectivity index (χ1v) is 13.1. The molecule has 4 aromatic carbocycles. The molecule has 0 spiro atoms. The molecular weight excluding hydrogens is 496 g/mol. The van der Waals surface area contributed by atoms with Crippen molar-refractivity contribution in [3.63, 3.8) is 0 Å². The van der Waals surface area contributed by atoms with Gasteiger partial charge in [-0.1, -0.05) is 103 Å². The highest BCUT2D eigenvalue weighted by molar-refractivity contribution is 6.30. The van der Waals surface area contributed by atoms with Crippen LogP contribution >= 0.6 is 11.6 Å². The van der Waals surface area contributed by atoms with E-state index in [1.165, 1.54) is 0 Å². The quantitative estimate of drug-likeness (QED) is 0.310. The van der Waals surface area contributed by atoms with Gasteiger partial charge in [-0.25, -0.2) is 0 Å². The minimum Gasteiger partial charge on any atom is -0.394 e. The number of halogens is 1. The van der Waals surface area contributed by atoms with Crippen molar-refractivity contribution < 1.29 is 14.7 Å². The van der Waals surface area contributed by atoms with E-state index in [1.807, 2.05) is 84.9 Å². The van der Waals surface area contributed by atoms with E-state index in [2.05, 4.69) is 5.32 Å². The molecule has 4 aromatic rings. The lowest BCUT2D eigenvalue weighted by atomic mass is 9.78. The molecule has 0 fully saturated rings. The van der Waals surface area contributed by atoms with Crippen molar-refractivity contribution in [2.45, 2.75) is 24.4 Å². The van der Waals surface area contributed by atoms with Gasteiger partial charge in [-0.05, 0) is 46.9 Å². The van der Waals surface area contributed by atoms with Crippen molar-refractivity contribution in [1.82, 2.24) is 10.2 Å². The Hall–Kier alpha value is -3.93. The zero-order valence-electron chi connectivity index (χ0n) is 20.8. The Bertz CT molecular complexity index is 1390. The molecule has 0 aromatic heterocycles. The molecule has 0 radical (unpaired) electrons. The number of hydrogen-bond donors (Lipinski definition) is 2. The first-order valence-electron chi connectivity index (χ1n) is 12.7. The molecular formula is C32H29ClN2O3. The van der Waals surface area contributed by atoms with Crippen molar-refractivity contribution in [1.29, 1.82) is 0 Å². The van der Waals surface area contributed by atoms with E-state index < -0.39 is 18.0 Å².